The molecule has 1 aromatic heterocycles. The number of amides is 1. The van der Waals surface area contributed by atoms with E-state index >= 15 is 0 Å². The molecule has 160 valence electrons. The molecule has 7 nitrogen and oxygen atoms in total. The van der Waals surface area contributed by atoms with E-state index in [0.717, 1.165) is 18.4 Å². The first-order valence-electron chi connectivity index (χ1n) is 10.2. The van der Waals surface area contributed by atoms with Gasteiger partial charge in [0.15, 0.2) is 0 Å². The Hall–Kier alpha value is -2.63. The average molecular weight is 429 g/mol. The summed E-state index contributed by atoms with van der Waals surface area (Å²) in [6.07, 6.45) is 3.86. The summed E-state index contributed by atoms with van der Waals surface area (Å²) in [5.41, 5.74) is 1.44. The summed E-state index contributed by atoms with van der Waals surface area (Å²) in [7, 11) is -3.85. The number of carbonyl (C=O) groups is 1. The fraction of sp³-hybridized carbons (Fsp3) is 0.455. The minimum atomic E-state index is -3.85. The summed E-state index contributed by atoms with van der Waals surface area (Å²) in [5, 5.41) is 9.21. The normalized spacial score (nSPS) is 16.2. The van der Waals surface area contributed by atoms with Crippen molar-refractivity contribution in [2.75, 3.05) is 13.1 Å². The van der Waals surface area contributed by atoms with Crippen molar-refractivity contribution < 1.29 is 13.2 Å². The Kier molecular flexibility index (Phi) is 6.95. The zero-order valence-corrected chi connectivity index (χ0v) is 18.2. The summed E-state index contributed by atoms with van der Waals surface area (Å²) in [5.74, 6) is 0.359. The molecule has 1 unspecified atom stereocenters. The van der Waals surface area contributed by atoms with Crippen molar-refractivity contribution in [1.29, 1.82) is 5.26 Å². The van der Waals surface area contributed by atoms with Crippen LogP contribution < -0.4 is 4.72 Å². The highest BCUT2D eigenvalue weighted by atomic mass is 32.2. The number of sulfonamides is 1. The Morgan fingerprint density at radius 2 is 1.90 bits per heavy atom. The minimum Gasteiger partial charge on any atom is -0.341 e. The largest absolute Gasteiger partial charge is 0.341 e. The van der Waals surface area contributed by atoms with Gasteiger partial charge < -0.3 is 9.47 Å². The van der Waals surface area contributed by atoms with Crippen molar-refractivity contribution in [3.05, 3.63) is 53.9 Å². The third-order valence-electron chi connectivity index (χ3n) is 5.62. The van der Waals surface area contributed by atoms with E-state index in [2.05, 4.69) is 17.7 Å². The van der Waals surface area contributed by atoms with E-state index in [0.29, 0.717) is 31.2 Å². The second kappa shape index (κ2) is 9.45. The number of nitrogens with zero attached hydrogens (tertiary/aromatic N) is 3. The smallest absolute Gasteiger partial charge is 0.241 e. The Bertz CT molecular complexity index is 1010. The molecule has 1 atom stereocenters. The molecule has 0 spiro atoms. The van der Waals surface area contributed by atoms with Crippen LogP contribution in [-0.4, -0.2) is 42.9 Å². The standard InChI is InChI=1S/C22H28N4O3S/c1-17-5-7-20(8-6-17)30(28,29)24-21(11-15-25-12-3-4-19(25)16-23)22(27)26-13-9-18(2)10-14-26/h3-8,12,18,21,24H,9-11,13-15H2,1-2H3. The number of benzene rings is 1. The Morgan fingerprint density at radius 3 is 2.53 bits per heavy atom. The monoisotopic (exact) mass is 428 g/mol. The van der Waals surface area contributed by atoms with Crippen LogP contribution in [0.2, 0.25) is 0 Å². The molecule has 0 saturated carbocycles. The summed E-state index contributed by atoms with van der Waals surface area (Å²) in [6, 6.07) is 11.2. The number of likely N-dealkylation sites (tertiary alicyclic amines) is 1. The summed E-state index contributed by atoms with van der Waals surface area (Å²) in [6.45, 7) is 5.69. The van der Waals surface area contributed by atoms with E-state index < -0.39 is 16.1 Å². The number of piperidine rings is 1. The SMILES string of the molecule is Cc1ccc(S(=O)(=O)NC(CCn2cccc2C#N)C(=O)N2CCC(C)CC2)cc1. The van der Waals surface area contributed by atoms with Crippen LogP contribution in [-0.2, 0) is 21.4 Å². The van der Waals surface area contributed by atoms with Crippen molar-refractivity contribution in [3.8, 4) is 6.07 Å². The lowest BCUT2D eigenvalue weighted by Crippen LogP contribution is -2.50. The van der Waals surface area contributed by atoms with Crippen LogP contribution in [0.25, 0.3) is 0 Å². The van der Waals surface area contributed by atoms with Crippen LogP contribution in [0.4, 0.5) is 0 Å². The number of rotatable bonds is 7. The highest BCUT2D eigenvalue weighted by molar-refractivity contribution is 7.89. The first-order chi connectivity index (χ1) is 14.3. The fourth-order valence-electron chi connectivity index (χ4n) is 3.63. The van der Waals surface area contributed by atoms with Crippen molar-refractivity contribution in [1.82, 2.24) is 14.2 Å². The van der Waals surface area contributed by atoms with Crippen LogP contribution in [0.15, 0.2) is 47.5 Å². The maximum absolute atomic E-state index is 13.2. The first-order valence-corrected chi connectivity index (χ1v) is 11.7. The summed E-state index contributed by atoms with van der Waals surface area (Å²) < 4.78 is 30.2. The lowest BCUT2D eigenvalue weighted by atomic mass is 9.98. The summed E-state index contributed by atoms with van der Waals surface area (Å²) >= 11 is 0. The Labute approximate surface area is 178 Å². The lowest BCUT2D eigenvalue weighted by Gasteiger charge is -2.33. The molecule has 30 heavy (non-hydrogen) atoms. The molecule has 1 N–H and O–H groups in total. The van der Waals surface area contributed by atoms with Crippen LogP contribution in [0, 0.1) is 24.2 Å². The van der Waals surface area contributed by atoms with E-state index in [1.54, 1.807) is 52.1 Å². The molecule has 2 heterocycles. The van der Waals surface area contributed by atoms with Crippen molar-refractivity contribution >= 4 is 15.9 Å². The number of nitriles is 1. The van der Waals surface area contributed by atoms with E-state index in [1.807, 2.05) is 6.92 Å². The molecule has 8 heteroatoms. The van der Waals surface area contributed by atoms with E-state index in [1.165, 1.54) is 0 Å². The molecule has 3 rings (SSSR count). The van der Waals surface area contributed by atoms with Gasteiger partial charge in [-0.2, -0.15) is 9.98 Å². The molecular weight excluding hydrogens is 400 g/mol. The van der Waals surface area contributed by atoms with Gasteiger partial charge in [0.1, 0.15) is 17.8 Å². The van der Waals surface area contributed by atoms with Gasteiger partial charge >= 0.3 is 0 Å². The quantitative estimate of drug-likeness (QED) is 0.733. The number of carbonyl (C=O) groups excluding carboxylic acids is 1. The highest BCUT2D eigenvalue weighted by Gasteiger charge is 2.31. The third kappa shape index (κ3) is 5.29. The highest BCUT2D eigenvalue weighted by Crippen LogP contribution is 2.19. The maximum Gasteiger partial charge on any atom is 0.241 e. The van der Waals surface area contributed by atoms with Gasteiger partial charge in [-0.25, -0.2) is 8.42 Å². The Balaban J connectivity index is 1.80. The topological polar surface area (TPSA) is 95.2 Å². The zero-order chi connectivity index (χ0) is 21.7. The maximum atomic E-state index is 13.2. The van der Waals surface area contributed by atoms with Crippen LogP contribution in [0.3, 0.4) is 0 Å². The fourth-order valence-corrected chi connectivity index (χ4v) is 4.86. The number of hydrogen-bond acceptors (Lipinski definition) is 4. The van der Waals surface area contributed by atoms with Gasteiger partial charge in [0.05, 0.1) is 4.90 Å². The third-order valence-corrected chi connectivity index (χ3v) is 7.11. The van der Waals surface area contributed by atoms with Crippen LogP contribution in [0.5, 0.6) is 0 Å². The molecule has 0 bridgehead atoms. The van der Waals surface area contributed by atoms with E-state index in [9.17, 15) is 18.5 Å². The molecule has 1 aliphatic rings. The van der Waals surface area contributed by atoms with Gasteiger partial charge in [-0.05, 0) is 56.4 Å². The van der Waals surface area contributed by atoms with Crippen LogP contribution >= 0.6 is 0 Å². The number of nitrogens with one attached hydrogen (secondary N) is 1. The van der Waals surface area contributed by atoms with Gasteiger partial charge in [0, 0.05) is 25.8 Å². The summed E-state index contributed by atoms with van der Waals surface area (Å²) in [4.78, 5) is 15.1. The molecule has 0 radical (unpaired) electrons. The second-order valence-electron chi connectivity index (χ2n) is 7.98. The molecule has 2 aromatic rings. The van der Waals surface area contributed by atoms with Gasteiger partial charge in [-0.3, -0.25) is 4.79 Å². The van der Waals surface area contributed by atoms with Gasteiger partial charge in [-0.1, -0.05) is 24.6 Å². The zero-order valence-electron chi connectivity index (χ0n) is 17.4. The molecule has 1 aliphatic heterocycles. The number of aryl methyl sites for hydroxylation is 2. The lowest BCUT2D eigenvalue weighted by molar-refractivity contribution is -0.134. The predicted molar refractivity (Wildman–Crippen MR) is 114 cm³/mol. The first kappa shape index (κ1) is 22.1. The average Bonchev–Trinajstić information content (AvgIpc) is 3.19. The molecule has 1 aromatic carbocycles. The van der Waals surface area contributed by atoms with Crippen LogP contribution in [0.1, 0.15) is 37.4 Å². The van der Waals surface area contributed by atoms with E-state index in [-0.39, 0.29) is 17.2 Å². The molecule has 1 amide bonds. The predicted octanol–water partition coefficient (Wildman–Crippen LogP) is 2.66. The minimum absolute atomic E-state index is 0.136. The van der Waals surface area contributed by atoms with Crippen molar-refractivity contribution in [2.45, 2.75) is 50.6 Å². The molecular formula is C22H28N4O3S. The van der Waals surface area contributed by atoms with Gasteiger partial charge in [-0.15, -0.1) is 0 Å². The Morgan fingerprint density at radius 1 is 1.23 bits per heavy atom. The number of hydrogen-bond donors (Lipinski definition) is 1. The molecule has 1 saturated heterocycles. The molecule has 1 fully saturated rings. The van der Waals surface area contributed by atoms with Gasteiger partial charge in [0.25, 0.3) is 0 Å². The van der Waals surface area contributed by atoms with E-state index in [4.69, 9.17) is 0 Å². The van der Waals surface area contributed by atoms with Gasteiger partial charge in [0.2, 0.25) is 15.9 Å². The molecule has 0 aliphatic carbocycles. The van der Waals surface area contributed by atoms with Crippen molar-refractivity contribution in [2.24, 2.45) is 5.92 Å². The van der Waals surface area contributed by atoms with Crippen molar-refractivity contribution in [3.63, 3.8) is 0 Å². The number of aromatic nitrogens is 1. The second-order valence-corrected chi connectivity index (χ2v) is 9.70.